The summed E-state index contributed by atoms with van der Waals surface area (Å²) in [6.45, 7) is 0. The van der Waals surface area contributed by atoms with Crippen molar-refractivity contribution in [3.63, 3.8) is 0 Å². The molecule has 0 spiro atoms. The van der Waals surface area contributed by atoms with Gasteiger partial charge in [0.05, 0.1) is 11.2 Å². The van der Waals surface area contributed by atoms with Gasteiger partial charge in [-0.1, -0.05) is 48.5 Å². The molecule has 1 heterocycles. The summed E-state index contributed by atoms with van der Waals surface area (Å²) >= 11 is 0. The molecule has 0 saturated heterocycles. The molecule has 0 aliphatic heterocycles. The van der Waals surface area contributed by atoms with Crippen LogP contribution in [0.3, 0.4) is 0 Å². The van der Waals surface area contributed by atoms with Crippen LogP contribution in [0.1, 0.15) is 40.9 Å². The summed E-state index contributed by atoms with van der Waals surface area (Å²) in [4.78, 5) is 16.9. The Hall–Kier alpha value is -3.01. The number of amides is 1. The highest BCUT2D eigenvalue weighted by Crippen LogP contribution is 2.20. The highest BCUT2D eigenvalue weighted by Gasteiger charge is 2.14. The number of hydrogen-bond acceptors (Lipinski definition) is 3. The molecule has 0 atom stereocenters. The predicted octanol–water partition coefficient (Wildman–Crippen LogP) is 4.10. The number of nitrogens with one attached hydrogen (secondary N) is 1. The number of para-hydroxylation sites is 1. The number of fused-ring (bicyclic) bond motifs is 2. The molecule has 4 heteroatoms. The minimum absolute atomic E-state index is 0.278. The summed E-state index contributed by atoms with van der Waals surface area (Å²) in [6.07, 6.45) is 4.17. The van der Waals surface area contributed by atoms with Crippen LogP contribution in [-0.4, -0.2) is 16.6 Å². The molecule has 0 fully saturated rings. The van der Waals surface area contributed by atoms with E-state index in [0.29, 0.717) is 5.69 Å². The van der Waals surface area contributed by atoms with Gasteiger partial charge in [0.15, 0.2) is 0 Å². The van der Waals surface area contributed by atoms with E-state index >= 15 is 0 Å². The molecule has 2 aromatic carbocycles. The van der Waals surface area contributed by atoms with Gasteiger partial charge < -0.3 is 0 Å². The third-order valence-electron chi connectivity index (χ3n) is 4.56. The third kappa shape index (κ3) is 3.29. The third-order valence-corrected chi connectivity index (χ3v) is 4.56. The van der Waals surface area contributed by atoms with Crippen LogP contribution in [0, 0.1) is 0 Å². The van der Waals surface area contributed by atoms with Gasteiger partial charge in [-0.2, -0.15) is 5.10 Å². The Balaban J connectivity index is 1.59. The number of nitrogens with zero attached hydrogens (tertiary/aromatic N) is 2. The molecule has 1 aliphatic carbocycles. The average molecular weight is 329 g/mol. The fraction of sp³-hybridized carbons (Fsp3) is 0.190. The van der Waals surface area contributed by atoms with Crippen LogP contribution in [0.15, 0.2) is 65.8 Å². The van der Waals surface area contributed by atoms with E-state index in [1.165, 1.54) is 5.56 Å². The lowest BCUT2D eigenvalue weighted by atomic mass is 10.0. The molecule has 0 radical (unpaired) electrons. The smallest absolute Gasteiger partial charge is 0.266 e. The zero-order chi connectivity index (χ0) is 17.1. The number of rotatable bonds is 2. The normalized spacial score (nSPS) is 15.6. The summed E-state index contributed by atoms with van der Waals surface area (Å²) in [5, 5.41) is 5.43. The Morgan fingerprint density at radius 2 is 1.72 bits per heavy atom. The number of hydrogen-bond donors (Lipinski definition) is 1. The molecule has 0 unspecified atom stereocenters. The van der Waals surface area contributed by atoms with Gasteiger partial charge in [0.1, 0.15) is 5.69 Å². The maximum absolute atomic E-state index is 12.4. The zero-order valence-corrected chi connectivity index (χ0v) is 13.9. The van der Waals surface area contributed by atoms with E-state index in [-0.39, 0.29) is 5.91 Å². The number of aryl methyl sites for hydroxylation is 1. The molecule has 0 saturated carbocycles. The topological polar surface area (TPSA) is 54.4 Å². The highest BCUT2D eigenvalue weighted by molar-refractivity contribution is 6.03. The molecule has 1 aliphatic rings. The summed E-state index contributed by atoms with van der Waals surface area (Å²) in [5.74, 6) is -0.278. The molecule has 1 amide bonds. The van der Waals surface area contributed by atoms with Gasteiger partial charge >= 0.3 is 0 Å². The SMILES string of the molecule is O=C(N/N=C1/CCCCc2ccccc21)c1ccc2ccccc2n1. The standard InChI is InChI=1S/C21H19N3O/c25-21(20-14-13-16-9-3-5-11-18(16)22-20)24-23-19-12-6-2-8-15-7-1-4-10-17(15)19/h1,3-5,7,9-11,13-14H,2,6,8,12H2,(H,24,25)/b23-19-. The van der Waals surface area contributed by atoms with E-state index in [2.05, 4.69) is 33.7 Å². The number of carbonyl (C=O) groups is 1. The van der Waals surface area contributed by atoms with Crippen molar-refractivity contribution in [2.24, 2.45) is 5.10 Å². The van der Waals surface area contributed by atoms with Crippen molar-refractivity contribution < 1.29 is 4.79 Å². The van der Waals surface area contributed by atoms with E-state index in [0.717, 1.165) is 47.9 Å². The summed E-state index contributed by atoms with van der Waals surface area (Å²) in [6, 6.07) is 19.7. The van der Waals surface area contributed by atoms with E-state index in [1.807, 2.05) is 36.4 Å². The Labute approximate surface area is 146 Å². The van der Waals surface area contributed by atoms with Crippen molar-refractivity contribution in [3.8, 4) is 0 Å². The van der Waals surface area contributed by atoms with Gasteiger partial charge in [0, 0.05) is 10.9 Å². The number of hydrazone groups is 1. The molecular weight excluding hydrogens is 310 g/mol. The molecule has 1 aromatic heterocycles. The molecule has 25 heavy (non-hydrogen) atoms. The molecule has 4 nitrogen and oxygen atoms in total. The Bertz CT molecular complexity index is 962. The minimum atomic E-state index is -0.278. The average Bonchev–Trinajstić information content (AvgIpc) is 2.88. The van der Waals surface area contributed by atoms with E-state index in [1.54, 1.807) is 6.07 Å². The maximum atomic E-state index is 12.4. The zero-order valence-electron chi connectivity index (χ0n) is 13.9. The molecule has 3 aromatic rings. The molecule has 1 N–H and O–H groups in total. The van der Waals surface area contributed by atoms with Gasteiger partial charge in [-0.05, 0) is 43.4 Å². The molecule has 0 bridgehead atoms. The second kappa shape index (κ2) is 6.85. The number of carbonyl (C=O) groups excluding carboxylic acids is 1. The lowest BCUT2D eigenvalue weighted by molar-refractivity contribution is 0.0950. The van der Waals surface area contributed by atoms with Crippen LogP contribution >= 0.6 is 0 Å². The van der Waals surface area contributed by atoms with E-state index < -0.39 is 0 Å². The first-order valence-electron chi connectivity index (χ1n) is 8.62. The Morgan fingerprint density at radius 3 is 2.68 bits per heavy atom. The first kappa shape index (κ1) is 15.5. The van der Waals surface area contributed by atoms with Crippen LogP contribution in [-0.2, 0) is 6.42 Å². The predicted molar refractivity (Wildman–Crippen MR) is 99.7 cm³/mol. The van der Waals surface area contributed by atoms with Crippen molar-refractivity contribution >= 4 is 22.5 Å². The Kier molecular flexibility index (Phi) is 4.25. The van der Waals surface area contributed by atoms with Gasteiger partial charge in [0.2, 0.25) is 0 Å². The lowest BCUT2D eigenvalue weighted by Gasteiger charge is -2.08. The van der Waals surface area contributed by atoms with Crippen molar-refractivity contribution in [1.29, 1.82) is 0 Å². The first-order chi connectivity index (χ1) is 12.3. The van der Waals surface area contributed by atoms with Crippen molar-refractivity contribution in [2.45, 2.75) is 25.7 Å². The van der Waals surface area contributed by atoms with Crippen LogP contribution in [0.2, 0.25) is 0 Å². The van der Waals surface area contributed by atoms with Gasteiger partial charge in [-0.3, -0.25) is 4.79 Å². The monoisotopic (exact) mass is 329 g/mol. The molecule has 4 rings (SSSR count). The quantitative estimate of drug-likeness (QED) is 0.568. The summed E-state index contributed by atoms with van der Waals surface area (Å²) in [7, 11) is 0. The second-order valence-electron chi connectivity index (χ2n) is 6.25. The maximum Gasteiger partial charge on any atom is 0.289 e. The lowest BCUT2D eigenvalue weighted by Crippen LogP contribution is -2.21. The van der Waals surface area contributed by atoms with Crippen molar-refractivity contribution in [1.82, 2.24) is 10.4 Å². The first-order valence-corrected chi connectivity index (χ1v) is 8.62. The molecule has 124 valence electrons. The van der Waals surface area contributed by atoms with Crippen molar-refractivity contribution in [2.75, 3.05) is 0 Å². The number of aromatic nitrogens is 1. The van der Waals surface area contributed by atoms with Crippen molar-refractivity contribution in [3.05, 3.63) is 77.5 Å². The highest BCUT2D eigenvalue weighted by atomic mass is 16.2. The van der Waals surface area contributed by atoms with Crippen LogP contribution < -0.4 is 5.43 Å². The number of benzene rings is 2. The van der Waals surface area contributed by atoms with Gasteiger partial charge in [-0.15, -0.1) is 0 Å². The van der Waals surface area contributed by atoms with Crippen LogP contribution in [0.4, 0.5) is 0 Å². The van der Waals surface area contributed by atoms with E-state index in [9.17, 15) is 4.79 Å². The van der Waals surface area contributed by atoms with E-state index in [4.69, 9.17) is 0 Å². The summed E-state index contributed by atoms with van der Waals surface area (Å²) in [5.41, 5.74) is 7.27. The van der Waals surface area contributed by atoms with Crippen LogP contribution in [0.5, 0.6) is 0 Å². The van der Waals surface area contributed by atoms with Gasteiger partial charge in [-0.25, -0.2) is 10.4 Å². The summed E-state index contributed by atoms with van der Waals surface area (Å²) < 4.78 is 0. The Morgan fingerprint density at radius 1 is 0.920 bits per heavy atom. The van der Waals surface area contributed by atoms with Crippen LogP contribution in [0.25, 0.3) is 10.9 Å². The fourth-order valence-electron chi connectivity index (χ4n) is 3.25. The number of pyridine rings is 1. The fourth-order valence-corrected chi connectivity index (χ4v) is 3.25. The van der Waals surface area contributed by atoms with Gasteiger partial charge in [0.25, 0.3) is 5.91 Å². The largest absolute Gasteiger partial charge is 0.289 e. The second-order valence-corrected chi connectivity index (χ2v) is 6.25. The molecular formula is C21H19N3O. The minimum Gasteiger partial charge on any atom is -0.266 e.